The van der Waals surface area contributed by atoms with Gasteiger partial charge in [-0.2, -0.15) is 5.26 Å². The third-order valence-corrected chi connectivity index (χ3v) is 5.32. The lowest BCUT2D eigenvalue weighted by Gasteiger charge is -2.06. The molecule has 3 nitrogen and oxygen atoms in total. The molecule has 0 radical (unpaired) electrons. The zero-order chi connectivity index (χ0) is 15.7. The minimum absolute atomic E-state index is 0.617. The summed E-state index contributed by atoms with van der Waals surface area (Å²) >= 11 is 5.15. The number of nitriles is 1. The molecular formula is C17H13BrN2OS. The molecule has 5 heteroatoms. The van der Waals surface area contributed by atoms with Gasteiger partial charge < -0.3 is 8.98 Å². The maximum Gasteiger partial charge on any atom is 0.141 e. The normalized spacial score (nSPS) is 12.3. The summed E-state index contributed by atoms with van der Waals surface area (Å²) in [6.45, 7) is 0. The number of thioether (sulfide) groups is 1. The fraction of sp³-hybridized carbons (Fsp3) is 0.118. The summed E-state index contributed by atoms with van der Waals surface area (Å²) in [6, 6.07) is 14.1. The first-order valence-corrected chi connectivity index (χ1v) is 8.66. The SMILES string of the molecule is CS/C(=C(\C#N)c1c(Br)n(C)c2ccccc12)c1ccco1. The Morgan fingerprint density at radius 1 is 1.27 bits per heavy atom. The topological polar surface area (TPSA) is 41.9 Å². The zero-order valence-electron chi connectivity index (χ0n) is 12.1. The van der Waals surface area contributed by atoms with Crippen LogP contribution in [0.3, 0.4) is 0 Å². The van der Waals surface area contributed by atoms with Crippen LogP contribution in [0.4, 0.5) is 0 Å². The van der Waals surface area contributed by atoms with Gasteiger partial charge in [-0.3, -0.25) is 0 Å². The van der Waals surface area contributed by atoms with Crippen LogP contribution in [0, 0.1) is 11.3 Å². The van der Waals surface area contributed by atoms with Crippen LogP contribution >= 0.6 is 27.7 Å². The fourth-order valence-corrected chi connectivity index (χ4v) is 3.83. The molecule has 2 aromatic heterocycles. The highest BCUT2D eigenvalue weighted by Gasteiger charge is 2.21. The first-order valence-electron chi connectivity index (χ1n) is 6.64. The minimum atomic E-state index is 0.617. The number of nitrogens with zero attached hydrogens (tertiary/aromatic N) is 2. The summed E-state index contributed by atoms with van der Waals surface area (Å²) in [6.07, 6.45) is 3.58. The Morgan fingerprint density at radius 3 is 2.68 bits per heavy atom. The maximum absolute atomic E-state index is 9.78. The number of para-hydroxylation sites is 1. The van der Waals surface area contributed by atoms with Crippen molar-refractivity contribution in [1.82, 2.24) is 4.57 Å². The Hall–Kier alpha value is -1.90. The number of aromatic nitrogens is 1. The monoisotopic (exact) mass is 372 g/mol. The molecule has 0 saturated carbocycles. The van der Waals surface area contributed by atoms with Crippen LogP contribution in [0.15, 0.2) is 51.7 Å². The summed E-state index contributed by atoms with van der Waals surface area (Å²) in [5, 5.41) is 10.8. The minimum Gasteiger partial charge on any atom is -0.464 e. The lowest BCUT2D eigenvalue weighted by molar-refractivity contribution is 0.556. The van der Waals surface area contributed by atoms with Gasteiger partial charge in [-0.1, -0.05) is 18.2 Å². The van der Waals surface area contributed by atoms with E-state index in [2.05, 4.69) is 22.0 Å². The molecule has 0 saturated heterocycles. The molecule has 0 spiro atoms. The lowest BCUT2D eigenvalue weighted by Crippen LogP contribution is -1.90. The van der Waals surface area contributed by atoms with Gasteiger partial charge in [-0.25, -0.2) is 0 Å². The fourth-order valence-electron chi connectivity index (χ4n) is 2.55. The van der Waals surface area contributed by atoms with Gasteiger partial charge in [-0.05, 0) is 40.4 Å². The van der Waals surface area contributed by atoms with Crippen LogP contribution in [0.5, 0.6) is 0 Å². The van der Waals surface area contributed by atoms with E-state index in [0.29, 0.717) is 11.3 Å². The van der Waals surface area contributed by atoms with Crippen LogP contribution in [-0.2, 0) is 7.05 Å². The lowest BCUT2D eigenvalue weighted by atomic mass is 10.0. The molecule has 0 aliphatic carbocycles. The van der Waals surface area contributed by atoms with Gasteiger partial charge >= 0.3 is 0 Å². The van der Waals surface area contributed by atoms with Crippen molar-refractivity contribution >= 4 is 49.1 Å². The zero-order valence-corrected chi connectivity index (χ0v) is 14.5. The van der Waals surface area contributed by atoms with Crippen LogP contribution < -0.4 is 0 Å². The number of hydrogen-bond acceptors (Lipinski definition) is 3. The van der Waals surface area contributed by atoms with Gasteiger partial charge in [0.25, 0.3) is 0 Å². The van der Waals surface area contributed by atoms with E-state index in [1.807, 2.05) is 54.3 Å². The molecule has 110 valence electrons. The van der Waals surface area contributed by atoms with Crippen molar-refractivity contribution in [2.24, 2.45) is 7.05 Å². The smallest absolute Gasteiger partial charge is 0.141 e. The first-order chi connectivity index (χ1) is 10.7. The van der Waals surface area contributed by atoms with E-state index in [-0.39, 0.29) is 0 Å². The van der Waals surface area contributed by atoms with Gasteiger partial charge in [0.15, 0.2) is 0 Å². The quantitative estimate of drug-likeness (QED) is 0.586. The Balaban J connectivity index is 2.38. The third kappa shape index (κ3) is 2.29. The molecule has 3 aromatic rings. The Labute approximate surface area is 141 Å². The average Bonchev–Trinajstić information content (AvgIpc) is 3.15. The van der Waals surface area contributed by atoms with E-state index < -0.39 is 0 Å². The van der Waals surface area contributed by atoms with E-state index >= 15 is 0 Å². The van der Waals surface area contributed by atoms with E-state index in [4.69, 9.17) is 4.42 Å². The molecule has 22 heavy (non-hydrogen) atoms. The number of furan rings is 1. The second-order valence-corrected chi connectivity index (χ2v) is 6.31. The number of benzene rings is 1. The van der Waals surface area contributed by atoms with Crippen molar-refractivity contribution in [1.29, 1.82) is 5.26 Å². The molecule has 0 bridgehead atoms. The molecule has 2 heterocycles. The highest BCUT2D eigenvalue weighted by molar-refractivity contribution is 9.10. The van der Waals surface area contributed by atoms with E-state index in [9.17, 15) is 5.26 Å². The van der Waals surface area contributed by atoms with Crippen LogP contribution in [0.2, 0.25) is 0 Å². The second kappa shape index (κ2) is 6.07. The summed E-state index contributed by atoms with van der Waals surface area (Å²) in [4.78, 5) is 0.838. The predicted octanol–water partition coefficient (Wildman–Crippen LogP) is 5.29. The molecule has 3 rings (SSSR count). The number of aryl methyl sites for hydroxylation is 1. The first kappa shape index (κ1) is 15.0. The van der Waals surface area contributed by atoms with Crippen LogP contribution in [-0.4, -0.2) is 10.8 Å². The summed E-state index contributed by atoms with van der Waals surface area (Å²) in [7, 11) is 1.98. The maximum atomic E-state index is 9.78. The molecule has 0 N–H and O–H groups in total. The number of hydrogen-bond donors (Lipinski definition) is 0. The highest BCUT2D eigenvalue weighted by Crippen LogP contribution is 2.41. The van der Waals surface area contributed by atoms with E-state index in [0.717, 1.165) is 26.0 Å². The average molecular weight is 373 g/mol. The summed E-state index contributed by atoms with van der Waals surface area (Å²) in [5.41, 5.74) is 2.60. The summed E-state index contributed by atoms with van der Waals surface area (Å²) < 4.78 is 8.43. The van der Waals surface area contributed by atoms with Gasteiger partial charge in [0.05, 0.1) is 21.3 Å². The molecule has 0 aliphatic heterocycles. The molecule has 1 aromatic carbocycles. The summed E-state index contributed by atoms with van der Waals surface area (Å²) in [5.74, 6) is 0.712. The standard InChI is InChI=1S/C17H13BrN2OS/c1-20-13-7-4-3-6-11(13)15(17(20)18)12(10-19)16(22-2)14-8-5-9-21-14/h3-9H,1-2H3/b16-12+. The molecule has 0 unspecified atom stereocenters. The van der Waals surface area contributed by atoms with Crippen molar-refractivity contribution in [2.75, 3.05) is 6.26 Å². The van der Waals surface area contributed by atoms with E-state index in [1.54, 1.807) is 6.26 Å². The molecular weight excluding hydrogens is 360 g/mol. The largest absolute Gasteiger partial charge is 0.464 e. The van der Waals surface area contributed by atoms with Crippen LogP contribution in [0.25, 0.3) is 21.4 Å². The third-order valence-electron chi connectivity index (χ3n) is 3.57. The van der Waals surface area contributed by atoms with Crippen molar-refractivity contribution < 1.29 is 4.42 Å². The predicted molar refractivity (Wildman–Crippen MR) is 95.3 cm³/mol. The van der Waals surface area contributed by atoms with Crippen molar-refractivity contribution in [2.45, 2.75) is 0 Å². The molecule has 0 aliphatic rings. The Morgan fingerprint density at radius 2 is 2.05 bits per heavy atom. The highest BCUT2D eigenvalue weighted by atomic mass is 79.9. The second-order valence-electron chi connectivity index (χ2n) is 4.74. The molecule has 0 atom stereocenters. The number of allylic oxidation sites excluding steroid dienone is 1. The van der Waals surface area contributed by atoms with Crippen molar-refractivity contribution in [3.05, 3.63) is 58.6 Å². The van der Waals surface area contributed by atoms with Crippen LogP contribution in [0.1, 0.15) is 11.3 Å². The molecule has 0 amide bonds. The van der Waals surface area contributed by atoms with Crippen molar-refractivity contribution in [3.8, 4) is 6.07 Å². The van der Waals surface area contributed by atoms with Gasteiger partial charge in [0.1, 0.15) is 11.8 Å². The van der Waals surface area contributed by atoms with Gasteiger partial charge in [0.2, 0.25) is 0 Å². The van der Waals surface area contributed by atoms with Gasteiger partial charge in [0, 0.05) is 23.5 Å². The van der Waals surface area contributed by atoms with E-state index in [1.165, 1.54) is 11.8 Å². The number of halogens is 1. The van der Waals surface area contributed by atoms with Crippen molar-refractivity contribution in [3.63, 3.8) is 0 Å². The molecule has 0 fully saturated rings. The number of fused-ring (bicyclic) bond motifs is 1. The van der Waals surface area contributed by atoms with Gasteiger partial charge in [-0.15, -0.1) is 11.8 Å². The number of rotatable bonds is 3. The Bertz CT molecular complexity index is 901. The Kier molecular flexibility index (Phi) is 4.14.